The van der Waals surface area contributed by atoms with Crippen LogP contribution < -0.4 is 10.6 Å². The fourth-order valence-electron chi connectivity index (χ4n) is 2.11. The first kappa shape index (κ1) is 14.0. The molecule has 1 aromatic carbocycles. The number of hydrogen-bond donors (Lipinski definition) is 3. The number of anilines is 1. The molecule has 7 nitrogen and oxygen atoms in total. The number of amides is 1. The third-order valence-corrected chi connectivity index (χ3v) is 3.13. The van der Waals surface area contributed by atoms with Crippen molar-refractivity contribution < 1.29 is 4.79 Å². The smallest absolute Gasteiger partial charge is 0.216 e. The second-order valence-corrected chi connectivity index (χ2v) is 4.80. The van der Waals surface area contributed by atoms with Crippen molar-refractivity contribution in [2.24, 2.45) is 0 Å². The van der Waals surface area contributed by atoms with Crippen molar-refractivity contribution in [3.63, 3.8) is 0 Å². The van der Waals surface area contributed by atoms with E-state index in [9.17, 15) is 4.79 Å². The third kappa shape index (κ3) is 3.03. The van der Waals surface area contributed by atoms with Gasteiger partial charge in [-0.15, -0.1) is 0 Å². The van der Waals surface area contributed by atoms with Crippen molar-refractivity contribution in [1.82, 2.24) is 25.5 Å². The van der Waals surface area contributed by atoms with Gasteiger partial charge in [-0.05, 0) is 0 Å². The third-order valence-electron chi connectivity index (χ3n) is 3.13. The number of H-pyrrole nitrogens is 1. The van der Waals surface area contributed by atoms with E-state index in [1.165, 1.54) is 6.92 Å². The van der Waals surface area contributed by atoms with E-state index < -0.39 is 0 Å². The molecule has 3 rings (SSSR count). The van der Waals surface area contributed by atoms with Crippen molar-refractivity contribution in [3.05, 3.63) is 36.5 Å². The average molecular weight is 296 g/mol. The van der Waals surface area contributed by atoms with Crippen molar-refractivity contribution in [2.45, 2.75) is 6.92 Å². The molecule has 0 atom stereocenters. The number of rotatable bonds is 5. The molecule has 2 aromatic heterocycles. The summed E-state index contributed by atoms with van der Waals surface area (Å²) < 4.78 is 0. The van der Waals surface area contributed by atoms with Crippen LogP contribution in [0.5, 0.6) is 0 Å². The fourth-order valence-corrected chi connectivity index (χ4v) is 2.11. The molecular weight excluding hydrogens is 280 g/mol. The van der Waals surface area contributed by atoms with Gasteiger partial charge >= 0.3 is 0 Å². The van der Waals surface area contributed by atoms with Crippen LogP contribution in [0.25, 0.3) is 22.4 Å². The van der Waals surface area contributed by atoms with Crippen LogP contribution in [0.2, 0.25) is 0 Å². The maximum atomic E-state index is 10.9. The van der Waals surface area contributed by atoms with Gasteiger partial charge in [-0.1, -0.05) is 30.3 Å². The Balaban J connectivity index is 1.88. The summed E-state index contributed by atoms with van der Waals surface area (Å²) in [6.07, 6.45) is 1.69. The molecule has 0 fully saturated rings. The van der Waals surface area contributed by atoms with E-state index >= 15 is 0 Å². The Kier molecular flexibility index (Phi) is 3.95. The van der Waals surface area contributed by atoms with Gasteiger partial charge in [-0.2, -0.15) is 5.10 Å². The van der Waals surface area contributed by atoms with E-state index in [2.05, 4.69) is 30.8 Å². The van der Waals surface area contributed by atoms with E-state index in [0.717, 1.165) is 10.9 Å². The molecule has 0 aliphatic rings. The highest BCUT2D eigenvalue weighted by Gasteiger charge is 2.10. The van der Waals surface area contributed by atoms with Gasteiger partial charge in [0.1, 0.15) is 5.82 Å². The zero-order valence-corrected chi connectivity index (χ0v) is 12.1. The maximum Gasteiger partial charge on any atom is 0.216 e. The Hall–Kier alpha value is -2.96. The predicted molar refractivity (Wildman–Crippen MR) is 84.3 cm³/mol. The molecule has 22 heavy (non-hydrogen) atoms. The number of aromatic amines is 1. The van der Waals surface area contributed by atoms with Crippen molar-refractivity contribution in [2.75, 3.05) is 18.4 Å². The second-order valence-electron chi connectivity index (χ2n) is 4.80. The van der Waals surface area contributed by atoms with Gasteiger partial charge in [0.15, 0.2) is 11.5 Å². The van der Waals surface area contributed by atoms with Crippen LogP contribution >= 0.6 is 0 Å². The summed E-state index contributed by atoms with van der Waals surface area (Å²) in [6.45, 7) is 2.59. The number of nitrogens with one attached hydrogen (secondary N) is 3. The van der Waals surface area contributed by atoms with Crippen LogP contribution in [0.1, 0.15) is 6.92 Å². The number of aromatic nitrogens is 4. The molecule has 0 unspecified atom stereocenters. The zero-order valence-electron chi connectivity index (χ0n) is 12.1. The SMILES string of the molecule is CC(=O)NCCNc1nc(-c2ccccc2)nc2[nH]ncc12. The summed E-state index contributed by atoms with van der Waals surface area (Å²) in [5, 5.41) is 13.7. The van der Waals surface area contributed by atoms with Crippen molar-refractivity contribution >= 4 is 22.8 Å². The summed E-state index contributed by atoms with van der Waals surface area (Å²) in [4.78, 5) is 19.9. The highest BCUT2D eigenvalue weighted by atomic mass is 16.1. The Morgan fingerprint density at radius 3 is 2.77 bits per heavy atom. The Morgan fingerprint density at radius 2 is 2.00 bits per heavy atom. The van der Waals surface area contributed by atoms with Gasteiger partial charge in [-0.25, -0.2) is 9.97 Å². The van der Waals surface area contributed by atoms with E-state index in [1.54, 1.807) is 6.20 Å². The van der Waals surface area contributed by atoms with Crippen molar-refractivity contribution in [1.29, 1.82) is 0 Å². The number of fused-ring (bicyclic) bond motifs is 1. The molecule has 0 aliphatic heterocycles. The number of benzene rings is 1. The Bertz CT molecular complexity index is 783. The number of carbonyl (C=O) groups excluding carboxylic acids is 1. The van der Waals surface area contributed by atoms with Crippen LogP contribution in [-0.4, -0.2) is 39.2 Å². The summed E-state index contributed by atoms with van der Waals surface area (Å²) in [6, 6.07) is 9.75. The van der Waals surface area contributed by atoms with E-state index in [0.29, 0.717) is 30.4 Å². The van der Waals surface area contributed by atoms with Crippen LogP contribution in [-0.2, 0) is 4.79 Å². The van der Waals surface area contributed by atoms with Gasteiger partial charge in [0, 0.05) is 25.6 Å². The van der Waals surface area contributed by atoms with Crippen LogP contribution in [0, 0.1) is 0 Å². The normalized spacial score (nSPS) is 10.6. The molecule has 0 spiro atoms. The van der Waals surface area contributed by atoms with Crippen LogP contribution in [0.4, 0.5) is 5.82 Å². The molecule has 3 aromatic rings. The van der Waals surface area contributed by atoms with Crippen molar-refractivity contribution in [3.8, 4) is 11.4 Å². The highest BCUT2D eigenvalue weighted by Crippen LogP contribution is 2.23. The fraction of sp³-hybridized carbons (Fsp3) is 0.200. The molecule has 0 saturated heterocycles. The lowest BCUT2D eigenvalue weighted by molar-refractivity contribution is -0.118. The topological polar surface area (TPSA) is 95.6 Å². The number of carbonyl (C=O) groups is 1. The average Bonchev–Trinajstić information content (AvgIpc) is 3.00. The summed E-state index contributed by atoms with van der Waals surface area (Å²) in [5.41, 5.74) is 1.61. The van der Waals surface area contributed by atoms with E-state index in [-0.39, 0.29) is 5.91 Å². The quantitative estimate of drug-likeness (QED) is 0.621. The van der Waals surface area contributed by atoms with Gasteiger partial charge in [0.05, 0.1) is 11.6 Å². The molecule has 112 valence electrons. The minimum atomic E-state index is -0.0529. The monoisotopic (exact) mass is 296 g/mol. The first-order valence-electron chi connectivity index (χ1n) is 6.99. The minimum Gasteiger partial charge on any atom is -0.368 e. The molecule has 2 heterocycles. The maximum absolute atomic E-state index is 10.9. The Morgan fingerprint density at radius 1 is 1.18 bits per heavy atom. The highest BCUT2D eigenvalue weighted by molar-refractivity contribution is 5.87. The largest absolute Gasteiger partial charge is 0.368 e. The predicted octanol–water partition coefficient (Wildman–Crippen LogP) is 1.57. The molecule has 0 bridgehead atoms. The van der Waals surface area contributed by atoms with Crippen LogP contribution in [0.3, 0.4) is 0 Å². The van der Waals surface area contributed by atoms with E-state index in [1.807, 2.05) is 30.3 Å². The van der Waals surface area contributed by atoms with Gasteiger partial charge in [0.25, 0.3) is 0 Å². The Labute approximate surface area is 127 Å². The molecule has 0 radical (unpaired) electrons. The molecular formula is C15H16N6O. The lowest BCUT2D eigenvalue weighted by atomic mass is 10.2. The lowest BCUT2D eigenvalue weighted by Gasteiger charge is -2.09. The number of nitrogens with zero attached hydrogens (tertiary/aromatic N) is 3. The van der Waals surface area contributed by atoms with E-state index in [4.69, 9.17) is 0 Å². The first-order valence-corrected chi connectivity index (χ1v) is 6.99. The second kappa shape index (κ2) is 6.21. The molecule has 0 saturated carbocycles. The number of hydrogen-bond acceptors (Lipinski definition) is 5. The zero-order chi connectivity index (χ0) is 15.4. The summed E-state index contributed by atoms with van der Waals surface area (Å²) >= 11 is 0. The lowest BCUT2D eigenvalue weighted by Crippen LogP contribution is -2.26. The summed E-state index contributed by atoms with van der Waals surface area (Å²) in [5.74, 6) is 1.27. The standard InChI is InChI=1S/C15H16N6O/c1-10(22)16-7-8-17-14-12-9-18-21-15(12)20-13(19-14)11-5-3-2-4-6-11/h2-6,9H,7-8H2,1H3,(H,16,22)(H2,17,18,19,20,21). The molecule has 3 N–H and O–H groups in total. The molecule has 0 aliphatic carbocycles. The molecule has 7 heteroatoms. The van der Waals surface area contributed by atoms with Gasteiger partial charge < -0.3 is 10.6 Å². The van der Waals surface area contributed by atoms with Gasteiger partial charge in [0.2, 0.25) is 5.91 Å². The van der Waals surface area contributed by atoms with Gasteiger partial charge in [-0.3, -0.25) is 9.89 Å². The van der Waals surface area contributed by atoms with Crippen LogP contribution in [0.15, 0.2) is 36.5 Å². The first-order chi connectivity index (χ1) is 10.7. The summed E-state index contributed by atoms with van der Waals surface area (Å²) in [7, 11) is 0. The minimum absolute atomic E-state index is 0.0529. The molecule has 1 amide bonds.